The number of rotatable bonds is 5. The van der Waals surface area contributed by atoms with Gasteiger partial charge in [0.25, 0.3) is 0 Å². The number of furan rings is 1. The molecule has 3 N–H and O–H groups in total. The first-order valence-corrected chi connectivity index (χ1v) is 9.32. The molecule has 2 aromatic heterocycles. The second kappa shape index (κ2) is 6.94. The summed E-state index contributed by atoms with van der Waals surface area (Å²) in [6, 6.07) is 15.4. The summed E-state index contributed by atoms with van der Waals surface area (Å²) in [4.78, 5) is 21.0. The van der Waals surface area contributed by atoms with Gasteiger partial charge in [-0.05, 0) is 11.6 Å². The summed E-state index contributed by atoms with van der Waals surface area (Å²) in [5.41, 5.74) is 7.86. The van der Waals surface area contributed by atoms with Crippen LogP contribution in [-0.2, 0) is 13.0 Å². The zero-order valence-corrected chi connectivity index (χ0v) is 15.5. The van der Waals surface area contributed by atoms with Gasteiger partial charge >= 0.3 is 0 Å². The fraction of sp³-hybridized carbons (Fsp3) is 0.136. The number of benzene rings is 2. The van der Waals surface area contributed by atoms with Gasteiger partial charge in [-0.25, -0.2) is 9.97 Å². The van der Waals surface area contributed by atoms with Gasteiger partial charge in [-0.15, -0.1) is 0 Å². The Hall–Kier alpha value is -3.87. The van der Waals surface area contributed by atoms with E-state index in [1.165, 1.54) is 6.26 Å². The zero-order valence-electron chi connectivity index (χ0n) is 15.5. The van der Waals surface area contributed by atoms with Crippen molar-refractivity contribution in [3.8, 4) is 17.3 Å². The van der Waals surface area contributed by atoms with Crippen molar-refractivity contribution >= 4 is 22.5 Å². The fourth-order valence-corrected chi connectivity index (χ4v) is 3.53. The zero-order chi connectivity index (χ0) is 19.8. The lowest BCUT2D eigenvalue weighted by Gasteiger charge is -2.11. The maximum atomic E-state index is 11.7. The number of hydrogen-bond donors (Lipinski definition) is 2. The SMILES string of the molecule is NC(=O)c1cccc2c(-c3nc4c(c(NCc5ccccc5)n3)OCC4)occ12. The average Bonchev–Trinajstić information content (AvgIpc) is 3.39. The van der Waals surface area contributed by atoms with Crippen molar-refractivity contribution in [2.45, 2.75) is 13.0 Å². The van der Waals surface area contributed by atoms with Crippen LogP contribution in [0.15, 0.2) is 59.2 Å². The van der Waals surface area contributed by atoms with E-state index < -0.39 is 5.91 Å². The van der Waals surface area contributed by atoms with Crippen LogP contribution in [0, 0.1) is 0 Å². The van der Waals surface area contributed by atoms with E-state index in [1.807, 2.05) is 36.4 Å². The van der Waals surface area contributed by atoms with Crippen LogP contribution in [0.5, 0.6) is 5.75 Å². The molecule has 0 radical (unpaired) electrons. The van der Waals surface area contributed by atoms with Gasteiger partial charge in [0, 0.05) is 23.7 Å². The summed E-state index contributed by atoms with van der Waals surface area (Å²) in [6.07, 6.45) is 2.23. The van der Waals surface area contributed by atoms with Crippen LogP contribution in [0.3, 0.4) is 0 Å². The van der Waals surface area contributed by atoms with E-state index in [4.69, 9.17) is 14.9 Å². The molecule has 0 bridgehead atoms. The van der Waals surface area contributed by atoms with Crippen LogP contribution in [0.25, 0.3) is 22.4 Å². The smallest absolute Gasteiger partial charge is 0.249 e. The largest absolute Gasteiger partial charge is 0.487 e. The highest BCUT2D eigenvalue weighted by Gasteiger charge is 2.24. The lowest BCUT2D eigenvalue weighted by molar-refractivity contribution is 0.100. The predicted octanol–water partition coefficient (Wildman–Crippen LogP) is 3.54. The third-order valence-corrected chi connectivity index (χ3v) is 4.94. The number of anilines is 1. The minimum absolute atomic E-state index is 0.407. The molecular formula is C22H18N4O3. The third kappa shape index (κ3) is 3.06. The molecule has 0 saturated carbocycles. The molecule has 1 aliphatic rings. The second-order valence-electron chi connectivity index (χ2n) is 6.81. The van der Waals surface area contributed by atoms with Gasteiger partial charge in [-0.2, -0.15) is 0 Å². The van der Waals surface area contributed by atoms with Crippen molar-refractivity contribution in [3.63, 3.8) is 0 Å². The quantitative estimate of drug-likeness (QED) is 0.544. The van der Waals surface area contributed by atoms with Crippen LogP contribution >= 0.6 is 0 Å². The average molecular weight is 386 g/mol. The van der Waals surface area contributed by atoms with E-state index in [-0.39, 0.29) is 0 Å². The monoisotopic (exact) mass is 386 g/mol. The molecule has 1 aliphatic heterocycles. The van der Waals surface area contributed by atoms with Crippen LogP contribution in [0.1, 0.15) is 21.6 Å². The Bertz CT molecular complexity index is 1220. The number of nitrogens with two attached hydrogens (primary N) is 1. The Morgan fingerprint density at radius 1 is 1.07 bits per heavy atom. The van der Waals surface area contributed by atoms with E-state index in [1.54, 1.807) is 12.1 Å². The molecule has 1 amide bonds. The number of aromatic nitrogens is 2. The maximum Gasteiger partial charge on any atom is 0.249 e. The Morgan fingerprint density at radius 2 is 1.93 bits per heavy atom. The van der Waals surface area contributed by atoms with Crippen molar-refractivity contribution in [2.24, 2.45) is 5.73 Å². The molecule has 4 aromatic rings. The van der Waals surface area contributed by atoms with E-state index in [2.05, 4.69) is 15.3 Å². The molecule has 0 saturated heterocycles. The lowest BCUT2D eigenvalue weighted by atomic mass is 10.1. The summed E-state index contributed by atoms with van der Waals surface area (Å²) >= 11 is 0. The molecular weight excluding hydrogens is 368 g/mol. The Kier molecular flexibility index (Phi) is 4.13. The Balaban J connectivity index is 1.57. The van der Waals surface area contributed by atoms with Gasteiger partial charge in [-0.1, -0.05) is 42.5 Å². The van der Waals surface area contributed by atoms with Crippen molar-refractivity contribution in [1.29, 1.82) is 0 Å². The van der Waals surface area contributed by atoms with E-state index in [0.29, 0.717) is 53.7 Å². The molecule has 3 heterocycles. The highest BCUT2D eigenvalue weighted by Crippen LogP contribution is 2.36. The van der Waals surface area contributed by atoms with Crippen LogP contribution in [0.2, 0.25) is 0 Å². The summed E-state index contributed by atoms with van der Waals surface area (Å²) in [5, 5.41) is 4.74. The van der Waals surface area contributed by atoms with Gasteiger partial charge in [0.1, 0.15) is 6.26 Å². The topological polar surface area (TPSA) is 103 Å². The number of nitrogens with one attached hydrogen (secondary N) is 1. The predicted molar refractivity (Wildman–Crippen MR) is 109 cm³/mol. The fourth-order valence-electron chi connectivity index (χ4n) is 3.53. The highest BCUT2D eigenvalue weighted by molar-refractivity contribution is 6.08. The number of primary amides is 1. The number of fused-ring (bicyclic) bond motifs is 2. The molecule has 29 heavy (non-hydrogen) atoms. The summed E-state index contributed by atoms with van der Waals surface area (Å²) in [5.74, 6) is 1.75. The maximum absolute atomic E-state index is 11.7. The lowest BCUT2D eigenvalue weighted by Crippen LogP contribution is -2.10. The van der Waals surface area contributed by atoms with E-state index >= 15 is 0 Å². The number of carbonyl (C=O) groups is 1. The first-order valence-electron chi connectivity index (χ1n) is 9.32. The van der Waals surface area contributed by atoms with Crippen LogP contribution in [-0.4, -0.2) is 22.5 Å². The molecule has 144 valence electrons. The molecule has 0 unspecified atom stereocenters. The first-order chi connectivity index (χ1) is 14.2. The summed E-state index contributed by atoms with van der Waals surface area (Å²) < 4.78 is 11.5. The minimum Gasteiger partial charge on any atom is -0.487 e. The molecule has 2 aromatic carbocycles. The highest BCUT2D eigenvalue weighted by atomic mass is 16.5. The first kappa shape index (κ1) is 17.2. The molecule has 0 aliphatic carbocycles. The van der Waals surface area contributed by atoms with E-state index in [0.717, 1.165) is 16.6 Å². The van der Waals surface area contributed by atoms with Gasteiger partial charge in [0.2, 0.25) is 5.91 Å². The van der Waals surface area contributed by atoms with E-state index in [9.17, 15) is 4.79 Å². The molecule has 0 fully saturated rings. The van der Waals surface area contributed by atoms with Crippen molar-refractivity contribution in [2.75, 3.05) is 11.9 Å². The van der Waals surface area contributed by atoms with Crippen LogP contribution < -0.4 is 15.8 Å². The molecule has 7 nitrogen and oxygen atoms in total. The number of carbonyl (C=O) groups excluding carboxylic acids is 1. The summed E-state index contributed by atoms with van der Waals surface area (Å²) in [7, 11) is 0. The molecule has 0 atom stereocenters. The molecule has 0 spiro atoms. The molecule has 7 heteroatoms. The second-order valence-corrected chi connectivity index (χ2v) is 6.81. The minimum atomic E-state index is -0.503. The van der Waals surface area contributed by atoms with Gasteiger partial charge < -0.3 is 20.2 Å². The van der Waals surface area contributed by atoms with Gasteiger partial charge in [-0.3, -0.25) is 4.79 Å². The standard InChI is InChI=1S/C22H18N4O3/c23-20(27)15-8-4-7-14-16(15)12-29-18(14)22-25-17-9-10-28-19(17)21(26-22)24-11-13-5-2-1-3-6-13/h1-8,12H,9-11H2,(H2,23,27)(H,24,25,26). The van der Waals surface area contributed by atoms with Crippen LogP contribution in [0.4, 0.5) is 5.82 Å². The Labute approximate surface area is 166 Å². The van der Waals surface area contributed by atoms with Crippen molar-refractivity contribution < 1.29 is 13.9 Å². The number of amides is 1. The molecule has 5 rings (SSSR count). The number of hydrogen-bond acceptors (Lipinski definition) is 6. The third-order valence-electron chi connectivity index (χ3n) is 4.94. The summed E-state index contributed by atoms with van der Waals surface area (Å²) in [6.45, 7) is 1.18. The normalized spacial score (nSPS) is 12.6. The number of nitrogens with zero attached hydrogens (tertiary/aromatic N) is 2. The number of ether oxygens (including phenoxy) is 1. The van der Waals surface area contributed by atoms with Crippen molar-refractivity contribution in [1.82, 2.24) is 9.97 Å². The van der Waals surface area contributed by atoms with Gasteiger partial charge in [0.15, 0.2) is 23.2 Å². The van der Waals surface area contributed by atoms with Crippen molar-refractivity contribution in [3.05, 3.63) is 71.6 Å². The Morgan fingerprint density at radius 3 is 2.76 bits per heavy atom. The van der Waals surface area contributed by atoms with Gasteiger partial charge in [0.05, 0.1) is 17.9 Å².